The predicted molar refractivity (Wildman–Crippen MR) is 76.0 cm³/mol. The summed E-state index contributed by atoms with van der Waals surface area (Å²) < 4.78 is 7.33. The van der Waals surface area contributed by atoms with E-state index in [1.54, 1.807) is 7.11 Å². The maximum atomic E-state index is 5.19. The predicted octanol–water partition coefficient (Wildman–Crippen LogP) is 3.47. The van der Waals surface area contributed by atoms with Gasteiger partial charge in [-0.2, -0.15) is 0 Å². The van der Waals surface area contributed by atoms with Crippen LogP contribution in [0.5, 0.6) is 0 Å². The molecule has 4 heteroatoms. The molecule has 18 heavy (non-hydrogen) atoms. The summed E-state index contributed by atoms with van der Waals surface area (Å²) in [5.74, 6) is 0.948. The number of hydrogen-bond acceptors (Lipinski definition) is 3. The first-order chi connectivity index (χ1) is 8.69. The maximum Gasteiger partial charge on any atom is 0.203 e. The third kappa shape index (κ3) is 4.69. The highest BCUT2D eigenvalue weighted by Gasteiger charge is 2.11. The molecule has 104 valence electrons. The van der Waals surface area contributed by atoms with Crippen molar-refractivity contribution in [2.24, 2.45) is 0 Å². The minimum Gasteiger partial charge on any atom is -0.383 e. The average molecular weight is 253 g/mol. The highest BCUT2D eigenvalue weighted by atomic mass is 16.5. The van der Waals surface area contributed by atoms with Crippen molar-refractivity contribution in [3.63, 3.8) is 0 Å². The minimum atomic E-state index is 0.308. The van der Waals surface area contributed by atoms with Gasteiger partial charge in [0.15, 0.2) is 0 Å². The van der Waals surface area contributed by atoms with E-state index >= 15 is 0 Å². The molecule has 0 aliphatic heterocycles. The molecule has 1 N–H and O–H groups in total. The Labute approximate surface area is 111 Å². The molecule has 2 unspecified atom stereocenters. The zero-order valence-corrected chi connectivity index (χ0v) is 12.1. The van der Waals surface area contributed by atoms with Crippen molar-refractivity contribution >= 4 is 5.95 Å². The Kier molecular flexibility index (Phi) is 6.80. The number of methoxy groups -OCH3 is 1. The first kappa shape index (κ1) is 15.0. The molecule has 0 saturated heterocycles. The normalized spacial score (nSPS) is 14.4. The topological polar surface area (TPSA) is 39.1 Å². The van der Waals surface area contributed by atoms with Crippen LogP contribution in [0.15, 0.2) is 12.4 Å². The van der Waals surface area contributed by atoms with Gasteiger partial charge in [0.2, 0.25) is 5.95 Å². The first-order valence-corrected chi connectivity index (χ1v) is 6.97. The van der Waals surface area contributed by atoms with Crippen molar-refractivity contribution in [3.8, 4) is 0 Å². The summed E-state index contributed by atoms with van der Waals surface area (Å²) >= 11 is 0. The molecule has 0 aliphatic rings. The Morgan fingerprint density at radius 3 is 2.83 bits per heavy atom. The van der Waals surface area contributed by atoms with Gasteiger partial charge in [-0.3, -0.25) is 0 Å². The molecule has 0 amide bonds. The van der Waals surface area contributed by atoms with E-state index in [0.717, 1.165) is 5.95 Å². The van der Waals surface area contributed by atoms with Crippen LogP contribution in [0, 0.1) is 0 Å². The molecule has 0 radical (unpaired) electrons. The lowest BCUT2D eigenvalue weighted by atomic mass is 10.1. The Morgan fingerprint density at radius 1 is 1.39 bits per heavy atom. The second kappa shape index (κ2) is 8.14. The molecular formula is C14H27N3O. The number of unbranched alkanes of at least 4 members (excludes halogenated alkanes) is 2. The number of anilines is 1. The van der Waals surface area contributed by atoms with E-state index < -0.39 is 0 Å². The van der Waals surface area contributed by atoms with Crippen molar-refractivity contribution in [2.75, 3.05) is 19.0 Å². The zero-order chi connectivity index (χ0) is 13.4. The number of hydrogen-bond donors (Lipinski definition) is 1. The molecule has 0 saturated carbocycles. The molecule has 2 atom stereocenters. The van der Waals surface area contributed by atoms with Crippen LogP contribution in [0.4, 0.5) is 5.95 Å². The Balaban J connectivity index is 2.48. The van der Waals surface area contributed by atoms with Gasteiger partial charge in [-0.1, -0.05) is 26.2 Å². The van der Waals surface area contributed by atoms with E-state index in [2.05, 4.69) is 35.6 Å². The number of rotatable bonds is 9. The van der Waals surface area contributed by atoms with Crippen molar-refractivity contribution in [1.82, 2.24) is 9.55 Å². The summed E-state index contributed by atoms with van der Waals surface area (Å²) in [5, 5.41) is 3.48. The fourth-order valence-corrected chi connectivity index (χ4v) is 2.10. The molecular weight excluding hydrogens is 226 g/mol. The lowest BCUT2D eigenvalue weighted by Crippen LogP contribution is -2.20. The van der Waals surface area contributed by atoms with Gasteiger partial charge in [0, 0.05) is 25.5 Å². The van der Waals surface area contributed by atoms with Gasteiger partial charge >= 0.3 is 0 Å². The number of aromatic nitrogens is 2. The number of nitrogens with zero attached hydrogens (tertiary/aromatic N) is 2. The molecule has 0 spiro atoms. The SMILES string of the molecule is CCCCCC(C)Nc1nccn1C(C)COC. The van der Waals surface area contributed by atoms with Crippen molar-refractivity contribution in [3.05, 3.63) is 12.4 Å². The third-order valence-corrected chi connectivity index (χ3v) is 3.17. The molecule has 4 nitrogen and oxygen atoms in total. The highest BCUT2D eigenvalue weighted by Crippen LogP contribution is 2.16. The monoisotopic (exact) mass is 253 g/mol. The zero-order valence-electron chi connectivity index (χ0n) is 12.1. The van der Waals surface area contributed by atoms with E-state index in [0.29, 0.717) is 18.7 Å². The van der Waals surface area contributed by atoms with Crippen molar-refractivity contribution in [1.29, 1.82) is 0 Å². The van der Waals surface area contributed by atoms with Crippen LogP contribution in [0.2, 0.25) is 0 Å². The summed E-state index contributed by atoms with van der Waals surface area (Å²) in [6, 6.07) is 0.773. The van der Waals surface area contributed by atoms with Crippen LogP contribution in [0.3, 0.4) is 0 Å². The Bertz CT molecular complexity index is 325. The van der Waals surface area contributed by atoms with Crippen LogP contribution in [-0.4, -0.2) is 29.3 Å². The standard InChI is InChI=1S/C14H27N3O/c1-5-6-7-8-12(2)16-14-15-9-10-17(14)13(3)11-18-4/h9-10,12-13H,5-8,11H2,1-4H3,(H,15,16). The number of imidazole rings is 1. The fourth-order valence-electron chi connectivity index (χ4n) is 2.10. The molecule has 1 aromatic heterocycles. The first-order valence-electron chi connectivity index (χ1n) is 6.97. The lowest BCUT2D eigenvalue weighted by molar-refractivity contribution is 0.163. The second-order valence-electron chi connectivity index (χ2n) is 5.00. The molecule has 0 fully saturated rings. The van der Waals surface area contributed by atoms with Gasteiger partial charge < -0.3 is 14.6 Å². The molecule has 0 bridgehead atoms. The molecule has 0 aromatic carbocycles. The van der Waals surface area contributed by atoms with E-state index in [9.17, 15) is 0 Å². The van der Waals surface area contributed by atoms with Crippen LogP contribution in [0.25, 0.3) is 0 Å². The van der Waals surface area contributed by atoms with Gasteiger partial charge in [0.25, 0.3) is 0 Å². The minimum absolute atomic E-state index is 0.308. The highest BCUT2D eigenvalue weighted by molar-refractivity contribution is 5.28. The quantitative estimate of drug-likeness (QED) is 0.685. The van der Waals surface area contributed by atoms with E-state index in [1.165, 1.54) is 25.7 Å². The summed E-state index contributed by atoms with van der Waals surface area (Å²) in [7, 11) is 1.73. The van der Waals surface area contributed by atoms with Crippen LogP contribution in [-0.2, 0) is 4.74 Å². The van der Waals surface area contributed by atoms with Crippen molar-refractivity contribution in [2.45, 2.75) is 58.5 Å². The Morgan fingerprint density at radius 2 is 2.17 bits per heavy atom. The molecule has 0 aliphatic carbocycles. The fraction of sp³-hybridized carbons (Fsp3) is 0.786. The smallest absolute Gasteiger partial charge is 0.203 e. The third-order valence-electron chi connectivity index (χ3n) is 3.17. The maximum absolute atomic E-state index is 5.19. The van der Waals surface area contributed by atoms with Crippen LogP contribution >= 0.6 is 0 Å². The average Bonchev–Trinajstić information content (AvgIpc) is 2.78. The number of ether oxygens (including phenoxy) is 1. The van der Waals surface area contributed by atoms with Gasteiger partial charge in [0.1, 0.15) is 0 Å². The van der Waals surface area contributed by atoms with E-state index in [-0.39, 0.29) is 0 Å². The van der Waals surface area contributed by atoms with E-state index in [4.69, 9.17) is 4.74 Å². The lowest BCUT2D eigenvalue weighted by Gasteiger charge is -2.19. The van der Waals surface area contributed by atoms with Crippen LogP contribution < -0.4 is 5.32 Å². The van der Waals surface area contributed by atoms with Gasteiger partial charge in [-0.15, -0.1) is 0 Å². The molecule has 1 aromatic rings. The van der Waals surface area contributed by atoms with Crippen molar-refractivity contribution < 1.29 is 4.74 Å². The summed E-state index contributed by atoms with van der Waals surface area (Å²) in [4.78, 5) is 4.38. The largest absolute Gasteiger partial charge is 0.383 e. The molecule has 1 rings (SSSR count). The molecule has 1 heterocycles. The summed E-state index contributed by atoms with van der Waals surface area (Å²) in [6.45, 7) is 7.29. The van der Waals surface area contributed by atoms with Gasteiger partial charge in [-0.25, -0.2) is 4.98 Å². The number of nitrogens with one attached hydrogen (secondary N) is 1. The second-order valence-corrected chi connectivity index (χ2v) is 5.00. The summed E-state index contributed by atoms with van der Waals surface area (Å²) in [6.07, 6.45) is 8.89. The Hall–Kier alpha value is -1.03. The van der Waals surface area contributed by atoms with E-state index in [1.807, 2.05) is 12.4 Å². The van der Waals surface area contributed by atoms with Gasteiger partial charge in [-0.05, 0) is 20.3 Å². The van der Waals surface area contributed by atoms with Gasteiger partial charge in [0.05, 0.1) is 12.6 Å². The van der Waals surface area contributed by atoms with Crippen LogP contribution in [0.1, 0.15) is 52.5 Å². The summed E-state index contributed by atoms with van der Waals surface area (Å²) in [5.41, 5.74) is 0.